The molecular formula is C13H23N3O3. The molecule has 1 N–H and O–H groups in total. The second kappa shape index (κ2) is 6.68. The Hall–Kier alpha value is -1.40. The van der Waals surface area contributed by atoms with Gasteiger partial charge in [-0.25, -0.2) is 0 Å². The summed E-state index contributed by atoms with van der Waals surface area (Å²) >= 11 is 0. The van der Waals surface area contributed by atoms with Gasteiger partial charge in [-0.05, 0) is 20.8 Å². The lowest BCUT2D eigenvalue weighted by atomic mass is 10.2. The molecule has 6 heteroatoms. The number of aliphatic hydroxyl groups is 1. The number of aliphatic hydroxyl groups excluding tert-OH is 1. The summed E-state index contributed by atoms with van der Waals surface area (Å²) in [4.78, 5) is 13.7. The van der Waals surface area contributed by atoms with Crippen molar-refractivity contribution in [1.82, 2.24) is 14.7 Å². The molecule has 0 fully saturated rings. The molecule has 0 aliphatic heterocycles. The van der Waals surface area contributed by atoms with Crippen LogP contribution in [-0.4, -0.2) is 59.1 Å². The van der Waals surface area contributed by atoms with Gasteiger partial charge >= 0.3 is 0 Å². The Morgan fingerprint density at radius 1 is 1.58 bits per heavy atom. The Labute approximate surface area is 114 Å². The van der Waals surface area contributed by atoms with Crippen LogP contribution in [0.25, 0.3) is 0 Å². The molecule has 19 heavy (non-hydrogen) atoms. The number of hydrogen-bond acceptors (Lipinski definition) is 4. The summed E-state index contributed by atoms with van der Waals surface area (Å²) in [6.45, 7) is 6.35. The molecule has 0 radical (unpaired) electrons. The molecule has 1 rings (SSSR count). The van der Waals surface area contributed by atoms with Gasteiger partial charge in [-0.3, -0.25) is 9.48 Å². The first-order valence-corrected chi connectivity index (χ1v) is 6.35. The fourth-order valence-electron chi connectivity index (χ4n) is 2.00. The third-order valence-corrected chi connectivity index (χ3v) is 2.95. The van der Waals surface area contributed by atoms with Gasteiger partial charge in [0.05, 0.1) is 24.5 Å². The van der Waals surface area contributed by atoms with Gasteiger partial charge in [0.2, 0.25) is 0 Å². The molecule has 6 nitrogen and oxygen atoms in total. The lowest BCUT2D eigenvalue weighted by Crippen LogP contribution is -2.36. The SMILES string of the molecule is COCC(O)CN(C)C(=O)c1cnn(C(C)C)c1C. The van der Waals surface area contributed by atoms with Crippen LogP contribution in [0, 0.1) is 6.92 Å². The first-order chi connectivity index (χ1) is 8.88. The summed E-state index contributed by atoms with van der Waals surface area (Å²) < 4.78 is 6.66. The Balaban J connectivity index is 2.77. The van der Waals surface area contributed by atoms with E-state index in [1.54, 1.807) is 13.2 Å². The summed E-state index contributed by atoms with van der Waals surface area (Å²) in [5.74, 6) is -0.139. The number of methoxy groups -OCH3 is 1. The number of amides is 1. The van der Waals surface area contributed by atoms with Gasteiger partial charge < -0.3 is 14.7 Å². The van der Waals surface area contributed by atoms with Crippen molar-refractivity contribution in [2.24, 2.45) is 0 Å². The molecule has 0 bridgehead atoms. The Kier molecular flexibility index (Phi) is 5.50. The van der Waals surface area contributed by atoms with E-state index in [9.17, 15) is 9.90 Å². The highest BCUT2D eigenvalue weighted by Gasteiger charge is 2.20. The second-order valence-electron chi connectivity index (χ2n) is 4.98. The monoisotopic (exact) mass is 269 g/mol. The molecule has 1 heterocycles. The molecule has 1 aromatic heterocycles. The third-order valence-electron chi connectivity index (χ3n) is 2.95. The van der Waals surface area contributed by atoms with Gasteiger partial charge in [0.15, 0.2) is 0 Å². The zero-order chi connectivity index (χ0) is 14.6. The van der Waals surface area contributed by atoms with Crippen LogP contribution in [-0.2, 0) is 4.74 Å². The maximum absolute atomic E-state index is 12.3. The number of aromatic nitrogens is 2. The largest absolute Gasteiger partial charge is 0.389 e. The van der Waals surface area contributed by atoms with Crippen molar-refractivity contribution < 1.29 is 14.6 Å². The predicted molar refractivity (Wildman–Crippen MR) is 72.2 cm³/mol. The molecule has 1 atom stereocenters. The Bertz CT molecular complexity index is 429. The Morgan fingerprint density at radius 3 is 2.68 bits per heavy atom. The van der Waals surface area contributed by atoms with Crippen LogP contribution in [0.5, 0.6) is 0 Å². The predicted octanol–water partition coefficient (Wildman–Crippen LogP) is 0.852. The van der Waals surface area contributed by atoms with Crippen LogP contribution < -0.4 is 0 Å². The zero-order valence-corrected chi connectivity index (χ0v) is 12.3. The van der Waals surface area contributed by atoms with Gasteiger partial charge in [-0.1, -0.05) is 0 Å². The van der Waals surface area contributed by atoms with Crippen molar-refractivity contribution in [2.45, 2.75) is 32.9 Å². The average molecular weight is 269 g/mol. The molecule has 1 amide bonds. The lowest BCUT2D eigenvalue weighted by molar-refractivity contribution is 0.0380. The molecule has 0 spiro atoms. The lowest BCUT2D eigenvalue weighted by Gasteiger charge is -2.20. The minimum atomic E-state index is -0.681. The van der Waals surface area contributed by atoms with E-state index < -0.39 is 6.10 Å². The smallest absolute Gasteiger partial charge is 0.257 e. The highest BCUT2D eigenvalue weighted by molar-refractivity contribution is 5.94. The minimum absolute atomic E-state index is 0.139. The van der Waals surface area contributed by atoms with Crippen LogP contribution in [0.2, 0.25) is 0 Å². The molecule has 0 saturated heterocycles. The highest BCUT2D eigenvalue weighted by atomic mass is 16.5. The van der Waals surface area contributed by atoms with Crippen LogP contribution in [0.1, 0.15) is 35.9 Å². The maximum atomic E-state index is 12.3. The van der Waals surface area contributed by atoms with E-state index >= 15 is 0 Å². The van der Waals surface area contributed by atoms with E-state index in [0.717, 1.165) is 5.69 Å². The minimum Gasteiger partial charge on any atom is -0.389 e. The van der Waals surface area contributed by atoms with E-state index in [4.69, 9.17) is 4.74 Å². The first-order valence-electron chi connectivity index (χ1n) is 6.35. The Morgan fingerprint density at radius 2 is 2.21 bits per heavy atom. The highest BCUT2D eigenvalue weighted by Crippen LogP contribution is 2.14. The van der Waals surface area contributed by atoms with Gasteiger partial charge in [0, 0.05) is 32.4 Å². The third kappa shape index (κ3) is 3.78. The van der Waals surface area contributed by atoms with E-state index in [2.05, 4.69) is 5.10 Å². The van der Waals surface area contributed by atoms with Crippen LogP contribution in [0.3, 0.4) is 0 Å². The molecule has 0 aliphatic rings. The van der Waals surface area contributed by atoms with Crippen molar-refractivity contribution in [1.29, 1.82) is 0 Å². The topological polar surface area (TPSA) is 67.6 Å². The van der Waals surface area contributed by atoms with E-state index in [0.29, 0.717) is 5.56 Å². The number of carbonyl (C=O) groups excluding carboxylic acids is 1. The number of nitrogens with zero attached hydrogens (tertiary/aromatic N) is 3. The van der Waals surface area contributed by atoms with Gasteiger partial charge in [-0.2, -0.15) is 5.10 Å². The number of hydrogen-bond donors (Lipinski definition) is 1. The standard InChI is InChI=1S/C13H23N3O3/c1-9(2)16-10(3)12(6-14-16)13(18)15(4)7-11(17)8-19-5/h6,9,11,17H,7-8H2,1-5H3. The summed E-state index contributed by atoms with van der Waals surface area (Å²) in [5, 5.41) is 13.9. The van der Waals surface area contributed by atoms with E-state index in [1.165, 1.54) is 12.0 Å². The molecule has 1 aromatic rings. The maximum Gasteiger partial charge on any atom is 0.257 e. The number of carbonyl (C=O) groups is 1. The first kappa shape index (κ1) is 15.7. The fourth-order valence-corrected chi connectivity index (χ4v) is 2.00. The normalized spacial score (nSPS) is 12.8. The zero-order valence-electron chi connectivity index (χ0n) is 12.3. The van der Waals surface area contributed by atoms with Crippen molar-refractivity contribution in [3.05, 3.63) is 17.5 Å². The van der Waals surface area contributed by atoms with Gasteiger partial charge in [-0.15, -0.1) is 0 Å². The van der Waals surface area contributed by atoms with Crippen molar-refractivity contribution in [3.63, 3.8) is 0 Å². The number of ether oxygens (including phenoxy) is 1. The average Bonchev–Trinajstić information content (AvgIpc) is 2.70. The van der Waals surface area contributed by atoms with Gasteiger partial charge in [0.25, 0.3) is 5.91 Å². The van der Waals surface area contributed by atoms with Crippen molar-refractivity contribution in [2.75, 3.05) is 27.3 Å². The quantitative estimate of drug-likeness (QED) is 0.831. The molecule has 108 valence electrons. The summed E-state index contributed by atoms with van der Waals surface area (Å²) in [7, 11) is 3.18. The number of rotatable bonds is 6. The number of likely N-dealkylation sites (N-methyl/N-ethyl adjacent to an activating group) is 1. The van der Waals surface area contributed by atoms with Gasteiger partial charge in [0.1, 0.15) is 0 Å². The summed E-state index contributed by atoms with van der Waals surface area (Å²) in [6.07, 6.45) is 0.899. The fraction of sp³-hybridized carbons (Fsp3) is 0.692. The van der Waals surface area contributed by atoms with Crippen LogP contribution in [0.15, 0.2) is 6.20 Å². The molecule has 0 aliphatic carbocycles. The van der Waals surface area contributed by atoms with Crippen LogP contribution >= 0.6 is 0 Å². The van der Waals surface area contributed by atoms with Crippen molar-refractivity contribution in [3.8, 4) is 0 Å². The molecule has 0 saturated carbocycles. The van der Waals surface area contributed by atoms with E-state index in [-0.39, 0.29) is 25.1 Å². The van der Waals surface area contributed by atoms with Crippen LogP contribution in [0.4, 0.5) is 0 Å². The molecule has 1 unspecified atom stereocenters. The van der Waals surface area contributed by atoms with E-state index in [1.807, 2.05) is 25.5 Å². The summed E-state index contributed by atoms with van der Waals surface area (Å²) in [5.41, 5.74) is 1.41. The summed E-state index contributed by atoms with van der Waals surface area (Å²) in [6, 6.07) is 0.214. The molecular weight excluding hydrogens is 246 g/mol. The molecule has 0 aromatic carbocycles. The van der Waals surface area contributed by atoms with Crippen molar-refractivity contribution >= 4 is 5.91 Å². The second-order valence-corrected chi connectivity index (χ2v) is 4.98.